The van der Waals surface area contributed by atoms with E-state index in [-0.39, 0.29) is 11.9 Å². The predicted molar refractivity (Wildman–Crippen MR) is 70.3 cm³/mol. The van der Waals surface area contributed by atoms with E-state index in [0.717, 1.165) is 11.3 Å². The standard InChI is InChI=1S/C13H17FN4O/c1-10(11-5-12(14)7-15-6-11)17-13-8-16-18(9-13)3-4-19-2/h5-10,17H,3-4H2,1-2H3. The van der Waals surface area contributed by atoms with E-state index < -0.39 is 0 Å². The van der Waals surface area contributed by atoms with E-state index in [1.807, 2.05) is 13.1 Å². The number of nitrogens with one attached hydrogen (secondary N) is 1. The summed E-state index contributed by atoms with van der Waals surface area (Å²) in [5.41, 5.74) is 1.68. The van der Waals surface area contributed by atoms with Gasteiger partial charge in [0.2, 0.25) is 0 Å². The van der Waals surface area contributed by atoms with Gasteiger partial charge in [-0.05, 0) is 18.6 Å². The summed E-state index contributed by atoms with van der Waals surface area (Å²) in [6, 6.07) is 1.43. The zero-order valence-corrected chi connectivity index (χ0v) is 11.0. The Bertz CT molecular complexity index is 529. The second-order valence-electron chi connectivity index (χ2n) is 4.29. The zero-order valence-electron chi connectivity index (χ0n) is 11.0. The molecule has 0 aliphatic carbocycles. The highest BCUT2D eigenvalue weighted by Crippen LogP contribution is 2.18. The normalized spacial score (nSPS) is 12.4. The van der Waals surface area contributed by atoms with Crippen LogP contribution in [0, 0.1) is 5.82 Å². The molecular formula is C13H17FN4O. The Balaban J connectivity index is 1.98. The molecule has 1 atom stereocenters. The van der Waals surface area contributed by atoms with Gasteiger partial charge >= 0.3 is 0 Å². The quantitative estimate of drug-likeness (QED) is 0.869. The molecule has 1 N–H and O–H groups in total. The van der Waals surface area contributed by atoms with E-state index in [1.54, 1.807) is 24.2 Å². The summed E-state index contributed by atoms with van der Waals surface area (Å²) in [7, 11) is 1.65. The summed E-state index contributed by atoms with van der Waals surface area (Å²) in [5, 5.41) is 7.45. The largest absolute Gasteiger partial charge is 0.383 e. The van der Waals surface area contributed by atoms with Crippen LogP contribution >= 0.6 is 0 Å². The van der Waals surface area contributed by atoms with Gasteiger partial charge in [-0.1, -0.05) is 0 Å². The third kappa shape index (κ3) is 3.75. The third-order valence-corrected chi connectivity index (χ3v) is 2.77. The van der Waals surface area contributed by atoms with E-state index >= 15 is 0 Å². The first kappa shape index (κ1) is 13.5. The van der Waals surface area contributed by atoms with Crippen LogP contribution in [0.25, 0.3) is 0 Å². The van der Waals surface area contributed by atoms with E-state index in [0.29, 0.717) is 13.2 Å². The van der Waals surface area contributed by atoms with Gasteiger partial charge in [0.1, 0.15) is 5.82 Å². The predicted octanol–water partition coefficient (Wildman–Crippen LogP) is 2.24. The molecular weight excluding hydrogens is 247 g/mol. The number of anilines is 1. The average molecular weight is 264 g/mol. The minimum Gasteiger partial charge on any atom is -0.383 e. The second-order valence-corrected chi connectivity index (χ2v) is 4.29. The maximum Gasteiger partial charge on any atom is 0.141 e. The highest BCUT2D eigenvalue weighted by molar-refractivity contribution is 5.41. The molecule has 6 heteroatoms. The summed E-state index contributed by atoms with van der Waals surface area (Å²) in [4.78, 5) is 3.84. The first-order valence-electron chi connectivity index (χ1n) is 6.07. The van der Waals surface area contributed by atoms with Gasteiger partial charge in [-0.25, -0.2) is 4.39 Å². The molecule has 0 aromatic carbocycles. The van der Waals surface area contributed by atoms with Crippen LogP contribution in [0.5, 0.6) is 0 Å². The Morgan fingerprint density at radius 1 is 1.42 bits per heavy atom. The number of ether oxygens (including phenoxy) is 1. The molecule has 2 rings (SSSR count). The zero-order chi connectivity index (χ0) is 13.7. The second kappa shape index (κ2) is 6.29. The lowest BCUT2D eigenvalue weighted by Crippen LogP contribution is -2.07. The summed E-state index contributed by atoms with van der Waals surface area (Å²) in [6.07, 6.45) is 6.47. The molecule has 2 heterocycles. The maximum atomic E-state index is 13.1. The molecule has 0 spiro atoms. The fourth-order valence-electron chi connectivity index (χ4n) is 1.74. The number of hydrogen-bond acceptors (Lipinski definition) is 4. The average Bonchev–Trinajstić information content (AvgIpc) is 2.84. The number of rotatable bonds is 6. The molecule has 19 heavy (non-hydrogen) atoms. The van der Waals surface area contributed by atoms with Crippen molar-refractivity contribution >= 4 is 5.69 Å². The minimum absolute atomic E-state index is 0.0386. The summed E-state index contributed by atoms with van der Waals surface area (Å²) >= 11 is 0. The maximum absolute atomic E-state index is 13.1. The van der Waals surface area contributed by atoms with Crippen molar-refractivity contribution in [3.63, 3.8) is 0 Å². The molecule has 2 aromatic heterocycles. The van der Waals surface area contributed by atoms with E-state index in [1.165, 1.54) is 12.3 Å². The van der Waals surface area contributed by atoms with Crippen molar-refractivity contribution in [2.24, 2.45) is 0 Å². The lowest BCUT2D eigenvalue weighted by Gasteiger charge is -2.13. The lowest BCUT2D eigenvalue weighted by molar-refractivity contribution is 0.183. The Kier molecular flexibility index (Phi) is 4.46. The molecule has 0 amide bonds. The minimum atomic E-state index is -0.332. The number of methoxy groups -OCH3 is 1. The van der Waals surface area contributed by atoms with Gasteiger partial charge in [0.15, 0.2) is 0 Å². The van der Waals surface area contributed by atoms with Gasteiger partial charge in [-0.15, -0.1) is 0 Å². The fourth-order valence-corrected chi connectivity index (χ4v) is 1.74. The topological polar surface area (TPSA) is 52.0 Å². The SMILES string of the molecule is COCCn1cc(NC(C)c2cncc(F)c2)cn1. The van der Waals surface area contributed by atoms with E-state index in [4.69, 9.17) is 4.74 Å². The summed E-state index contributed by atoms with van der Waals surface area (Å²) < 4.78 is 19.9. The number of halogens is 1. The molecule has 0 fully saturated rings. The summed E-state index contributed by atoms with van der Waals surface area (Å²) in [5.74, 6) is -0.332. The van der Waals surface area contributed by atoms with Gasteiger partial charge in [0.05, 0.1) is 37.3 Å². The number of nitrogens with zero attached hydrogens (tertiary/aromatic N) is 3. The molecule has 102 valence electrons. The van der Waals surface area contributed by atoms with Crippen LogP contribution in [0.2, 0.25) is 0 Å². The van der Waals surface area contributed by atoms with Crippen LogP contribution in [0.1, 0.15) is 18.5 Å². The fraction of sp³-hybridized carbons (Fsp3) is 0.385. The molecule has 0 saturated heterocycles. The van der Waals surface area contributed by atoms with Crippen LogP contribution in [0.4, 0.5) is 10.1 Å². The molecule has 0 aliphatic heterocycles. The van der Waals surface area contributed by atoms with Crippen LogP contribution < -0.4 is 5.32 Å². The van der Waals surface area contributed by atoms with Crippen molar-refractivity contribution in [3.05, 3.63) is 42.2 Å². The first-order valence-corrected chi connectivity index (χ1v) is 6.07. The smallest absolute Gasteiger partial charge is 0.141 e. The van der Waals surface area contributed by atoms with Gasteiger partial charge in [-0.2, -0.15) is 5.10 Å². The third-order valence-electron chi connectivity index (χ3n) is 2.77. The van der Waals surface area contributed by atoms with Crippen LogP contribution in [-0.2, 0) is 11.3 Å². The Hall–Kier alpha value is -1.95. The number of aromatic nitrogens is 3. The molecule has 1 unspecified atom stereocenters. The number of pyridine rings is 1. The van der Waals surface area contributed by atoms with Crippen LogP contribution in [0.3, 0.4) is 0 Å². The van der Waals surface area contributed by atoms with E-state index in [9.17, 15) is 4.39 Å². The molecule has 2 aromatic rings. The van der Waals surface area contributed by atoms with E-state index in [2.05, 4.69) is 15.4 Å². The van der Waals surface area contributed by atoms with Crippen LogP contribution in [-0.4, -0.2) is 28.5 Å². The molecule has 0 bridgehead atoms. The van der Waals surface area contributed by atoms with Crippen molar-refractivity contribution in [3.8, 4) is 0 Å². The monoisotopic (exact) mass is 264 g/mol. The van der Waals surface area contributed by atoms with Crippen molar-refractivity contribution in [1.29, 1.82) is 0 Å². The van der Waals surface area contributed by atoms with Gasteiger partial charge < -0.3 is 10.1 Å². The van der Waals surface area contributed by atoms with Crippen molar-refractivity contribution in [2.75, 3.05) is 19.0 Å². The summed E-state index contributed by atoms with van der Waals surface area (Å²) in [6.45, 7) is 3.27. The lowest BCUT2D eigenvalue weighted by atomic mass is 10.1. The Morgan fingerprint density at radius 3 is 3.00 bits per heavy atom. The van der Waals surface area contributed by atoms with Gasteiger partial charge in [-0.3, -0.25) is 9.67 Å². The van der Waals surface area contributed by atoms with Crippen molar-refractivity contribution in [2.45, 2.75) is 19.5 Å². The highest BCUT2D eigenvalue weighted by atomic mass is 19.1. The molecule has 5 nitrogen and oxygen atoms in total. The highest BCUT2D eigenvalue weighted by Gasteiger charge is 2.08. The number of hydrogen-bond donors (Lipinski definition) is 1. The Labute approximate surface area is 111 Å². The van der Waals surface area contributed by atoms with Crippen molar-refractivity contribution in [1.82, 2.24) is 14.8 Å². The van der Waals surface area contributed by atoms with Crippen molar-refractivity contribution < 1.29 is 9.13 Å². The molecule has 0 radical (unpaired) electrons. The Morgan fingerprint density at radius 2 is 2.26 bits per heavy atom. The molecule has 0 aliphatic rings. The van der Waals surface area contributed by atoms with Gasteiger partial charge in [0.25, 0.3) is 0 Å². The van der Waals surface area contributed by atoms with Crippen LogP contribution in [0.15, 0.2) is 30.9 Å². The van der Waals surface area contributed by atoms with Gasteiger partial charge in [0, 0.05) is 19.5 Å². The first-order chi connectivity index (χ1) is 9.19. The molecule has 0 saturated carbocycles.